The summed E-state index contributed by atoms with van der Waals surface area (Å²) in [6.45, 7) is 4.35. The van der Waals surface area contributed by atoms with Crippen molar-refractivity contribution < 1.29 is 13.6 Å². The van der Waals surface area contributed by atoms with Crippen LogP contribution in [0, 0.1) is 6.92 Å². The van der Waals surface area contributed by atoms with Gasteiger partial charge in [-0.25, -0.2) is 0 Å². The predicted molar refractivity (Wildman–Crippen MR) is 105 cm³/mol. The van der Waals surface area contributed by atoms with Crippen LogP contribution in [0.1, 0.15) is 23.6 Å². The second kappa shape index (κ2) is 7.16. The average Bonchev–Trinajstić information content (AvgIpc) is 3.22. The van der Waals surface area contributed by atoms with Gasteiger partial charge >= 0.3 is 0 Å². The molecule has 2 aromatic heterocycles. The Labute approximate surface area is 157 Å². The Morgan fingerprint density at radius 2 is 1.89 bits per heavy atom. The zero-order valence-corrected chi connectivity index (χ0v) is 15.3. The molecular weight excluding hydrogens is 340 g/mol. The molecule has 4 nitrogen and oxygen atoms in total. The highest BCUT2D eigenvalue weighted by atomic mass is 16.5. The molecule has 4 rings (SSSR count). The molecule has 0 radical (unpaired) electrons. The average molecular weight is 360 g/mol. The van der Waals surface area contributed by atoms with E-state index in [1.165, 1.54) is 0 Å². The van der Waals surface area contributed by atoms with Crippen molar-refractivity contribution in [2.24, 2.45) is 0 Å². The van der Waals surface area contributed by atoms with Gasteiger partial charge in [-0.05, 0) is 54.3 Å². The number of ether oxygens (including phenoxy) is 1. The Balaban J connectivity index is 1.85. The summed E-state index contributed by atoms with van der Waals surface area (Å²) in [6.07, 6.45) is 2.39. The zero-order valence-electron chi connectivity index (χ0n) is 15.3. The third-order valence-corrected chi connectivity index (χ3v) is 4.70. The Morgan fingerprint density at radius 1 is 1.04 bits per heavy atom. The molecule has 0 aliphatic carbocycles. The quantitative estimate of drug-likeness (QED) is 0.471. The molecule has 0 bridgehead atoms. The van der Waals surface area contributed by atoms with Crippen LogP contribution in [0.5, 0.6) is 5.75 Å². The molecule has 4 heteroatoms. The topological polar surface area (TPSA) is 52.6 Å². The van der Waals surface area contributed by atoms with Crippen LogP contribution in [0.3, 0.4) is 0 Å². The minimum absolute atomic E-state index is 0.175. The summed E-state index contributed by atoms with van der Waals surface area (Å²) < 4.78 is 17.5. The normalized spacial score (nSPS) is 11.0. The first-order valence-electron chi connectivity index (χ1n) is 8.98. The maximum absolute atomic E-state index is 13.2. The Hall–Kier alpha value is -3.27. The summed E-state index contributed by atoms with van der Waals surface area (Å²) in [5.74, 6) is 0.956. The second-order valence-corrected chi connectivity index (χ2v) is 6.47. The van der Waals surface area contributed by atoms with E-state index < -0.39 is 0 Å². The van der Waals surface area contributed by atoms with Crippen LogP contribution in [0.15, 0.2) is 74.5 Å². The van der Waals surface area contributed by atoms with Crippen molar-refractivity contribution in [2.45, 2.75) is 26.9 Å². The summed E-state index contributed by atoms with van der Waals surface area (Å²) >= 11 is 0. The molecule has 0 unspecified atom stereocenters. The maximum Gasteiger partial charge on any atom is 0.235 e. The highest BCUT2D eigenvalue weighted by Gasteiger charge is 2.20. The van der Waals surface area contributed by atoms with E-state index in [0.29, 0.717) is 22.5 Å². The number of fused-ring (bicyclic) bond motifs is 1. The highest BCUT2D eigenvalue weighted by Crippen LogP contribution is 2.32. The Morgan fingerprint density at radius 3 is 2.63 bits per heavy atom. The molecule has 0 saturated heterocycles. The van der Waals surface area contributed by atoms with Gasteiger partial charge < -0.3 is 13.6 Å². The lowest BCUT2D eigenvalue weighted by molar-refractivity contribution is 0.295. The van der Waals surface area contributed by atoms with Crippen LogP contribution < -0.4 is 10.2 Å². The number of furan rings is 1. The molecule has 0 spiro atoms. The van der Waals surface area contributed by atoms with E-state index >= 15 is 0 Å². The SMILES string of the molecule is CCc1ccc2oc(-c3ccco3)c(OCc3ccccc3C)c(=O)c2c1. The maximum atomic E-state index is 13.2. The molecule has 0 aliphatic rings. The molecule has 4 aromatic rings. The standard InChI is InChI=1S/C23H20O4/c1-3-16-10-11-19-18(13-16)21(24)23(22(27-19)20-9-6-12-25-20)26-14-17-8-5-4-7-15(17)2/h4-13H,3,14H2,1-2H3. The van der Waals surface area contributed by atoms with Crippen molar-refractivity contribution in [3.8, 4) is 17.3 Å². The summed E-state index contributed by atoms with van der Waals surface area (Å²) in [5, 5.41) is 0.518. The molecule has 27 heavy (non-hydrogen) atoms. The fraction of sp³-hybridized carbons (Fsp3) is 0.174. The number of hydrogen-bond acceptors (Lipinski definition) is 4. The van der Waals surface area contributed by atoms with Crippen LogP contribution in [0.2, 0.25) is 0 Å². The van der Waals surface area contributed by atoms with Crippen molar-refractivity contribution in [3.05, 3.63) is 87.8 Å². The molecule has 0 N–H and O–H groups in total. The van der Waals surface area contributed by atoms with Crippen LogP contribution in [0.4, 0.5) is 0 Å². The minimum atomic E-state index is -0.188. The van der Waals surface area contributed by atoms with Gasteiger partial charge in [0.1, 0.15) is 12.2 Å². The fourth-order valence-corrected chi connectivity index (χ4v) is 3.07. The van der Waals surface area contributed by atoms with E-state index in [2.05, 4.69) is 6.92 Å². The Bertz CT molecular complexity index is 1140. The van der Waals surface area contributed by atoms with Crippen LogP contribution in [-0.2, 0) is 13.0 Å². The first-order valence-corrected chi connectivity index (χ1v) is 8.98. The van der Waals surface area contributed by atoms with Crippen LogP contribution in [0.25, 0.3) is 22.5 Å². The number of benzene rings is 2. The van der Waals surface area contributed by atoms with Gasteiger partial charge in [-0.2, -0.15) is 0 Å². The molecule has 0 aliphatic heterocycles. The van der Waals surface area contributed by atoms with Gasteiger partial charge in [0.2, 0.25) is 16.9 Å². The first-order chi connectivity index (χ1) is 13.2. The summed E-state index contributed by atoms with van der Waals surface area (Å²) in [6, 6.07) is 17.1. The van der Waals surface area contributed by atoms with Crippen molar-refractivity contribution >= 4 is 11.0 Å². The minimum Gasteiger partial charge on any atom is -0.481 e. The van der Waals surface area contributed by atoms with Gasteiger partial charge in [-0.15, -0.1) is 0 Å². The predicted octanol–water partition coefficient (Wildman–Crippen LogP) is 5.50. The molecule has 2 heterocycles. The second-order valence-electron chi connectivity index (χ2n) is 6.47. The first kappa shape index (κ1) is 17.2. The van der Waals surface area contributed by atoms with Crippen molar-refractivity contribution in [2.75, 3.05) is 0 Å². The van der Waals surface area contributed by atoms with Gasteiger partial charge in [0.05, 0.1) is 11.6 Å². The summed E-state index contributed by atoms with van der Waals surface area (Å²) in [5.41, 5.74) is 3.53. The molecule has 0 saturated carbocycles. The van der Waals surface area contributed by atoms with Gasteiger partial charge in [0, 0.05) is 0 Å². The van der Waals surface area contributed by atoms with Crippen molar-refractivity contribution in [1.29, 1.82) is 0 Å². The lowest BCUT2D eigenvalue weighted by Crippen LogP contribution is -2.11. The van der Waals surface area contributed by atoms with Crippen molar-refractivity contribution in [1.82, 2.24) is 0 Å². The fourth-order valence-electron chi connectivity index (χ4n) is 3.07. The monoisotopic (exact) mass is 360 g/mol. The molecule has 2 aromatic carbocycles. The zero-order chi connectivity index (χ0) is 18.8. The van der Waals surface area contributed by atoms with E-state index in [4.69, 9.17) is 13.6 Å². The van der Waals surface area contributed by atoms with E-state index in [-0.39, 0.29) is 17.8 Å². The van der Waals surface area contributed by atoms with Crippen LogP contribution >= 0.6 is 0 Å². The van der Waals surface area contributed by atoms with Crippen molar-refractivity contribution in [3.63, 3.8) is 0 Å². The Kier molecular flexibility index (Phi) is 4.55. The van der Waals surface area contributed by atoms with E-state index in [1.54, 1.807) is 18.4 Å². The summed E-state index contributed by atoms with van der Waals surface area (Å²) in [4.78, 5) is 13.2. The summed E-state index contributed by atoms with van der Waals surface area (Å²) in [7, 11) is 0. The molecule has 0 amide bonds. The molecular formula is C23H20O4. The lowest BCUT2D eigenvalue weighted by atomic mass is 10.1. The van der Waals surface area contributed by atoms with Gasteiger partial charge in [0.15, 0.2) is 5.76 Å². The third kappa shape index (κ3) is 3.26. The largest absolute Gasteiger partial charge is 0.481 e. The molecule has 0 atom stereocenters. The number of hydrogen-bond donors (Lipinski definition) is 0. The van der Waals surface area contributed by atoms with Gasteiger partial charge in [0.25, 0.3) is 0 Å². The molecule has 136 valence electrons. The lowest BCUT2D eigenvalue weighted by Gasteiger charge is -2.12. The highest BCUT2D eigenvalue weighted by molar-refractivity contribution is 5.81. The smallest absolute Gasteiger partial charge is 0.235 e. The van der Waals surface area contributed by atoms with Gasteiger partial charge in [-0.1, -0.05) is 37.3 Å². The van der Waals surface area contributed by atoms with E-state index in [0.717, 1.165) is 23.1 Å². The number of rotatable bonds is 5. The van der Waals surface area contributed by atoms with Gasteiger partial charge in [-0.3, -0.25) is 4.79 Å². The third-order valence-electron chi connectivity index (χ3n) is 4.70. The van der Waals surface area contributed by atoms with E-state index in [9.17, 15) is 4.79 Å². The number of aryl methyl sites for hydroxylation is 2. The molecule has 0 fully saturated rings. The van der Waals surface area contributed by atoms with E-state index in [1.807, 2.05) is 49.4 Å². The van der Waals surface area contributed by atoms with Crippen LogP contribution in [-0.4, -0.2) is 0 Å².